The van der Waals surface area contributed by atoms with Crippen molar-refractivity contribution in [2.24, 2.45) is 0 Å². The topological polar surface area (TPSA) is 64.0 Å². The van der Waals surface area contributed by atoms with E-state index in [4.69, 9.17) is 9.47 Å². The molecular formula is C33H36FN3O4. The van der Waals surface area contributed by atoms with Gasteiger partial charge in [-0.1, -0.05) is 48.5 Å². The fourth-order valence-corrected chi connectivity index (χ4v) is 4.67. The maximum atomic E-state index is 13.9. The molecule has 0 saturated heterocycles. The summed E-state index contributed by atoms with van der Waals surface area (Å²) in [5, 5.41) is 0. The first-order chi connectivity index (χ1) is 20.0. The van der Waals surface area contributed by atoms with Gasteiger partial charge >= 0.3 is 0 Å². The van der Waals surface area contributed by atoms with Crippen molar-refractivity contribution in [2.75, 3.05) is 33.9 Å². The van der Waals surface area contributed by atoms with E-state index in [0.29, 0.717) is 39.2 Å². The van der Waals surface area contributed by atoms with E-state index < -0.39 is 11.7 Å². The lowest BCUT2D eigenvalue weighted by Gasteiger charge is -2.28. The molecule has 0 bridgehead atoms. The molecule has 0 saturated carbocycles. The van der Waals surface area contributed by atoms with Gasteiger partial charge in [0.25, 0.3) is 5.91 Å². The zero-order chi connectivity index (χ0) is 29.0. The van der Waals surface area contributed by atoms with Gasteiger partial charge in [0.05, 0.1) is 13.7 Å². The van der Waals surface area contributed by atoms with Crippen molar-refractivity contribution in [2.45, 2.75) is 26.1 Å². The second kappa shape index (κ2) is 14.8. The molecule has 7 nitrogen and oxygen atoms in total. The van der Waals surface area contributed by atoms with Gasteiger partial charge in [0.2, 0.25) is 5.91 Å². The minimum atomic E-state index is -0.499. The van der Waals surface area contributed by atoms with Crippen LogP contribution in [0.3, 0.4) is 0 Å². The fourth-order valence-electron chi connectivity index (χ4n) is 4.67. The van der Waals surface area contributed by atoms with Crippen molar-refractivity contribution in [3.8, 4) is 5.75 Å². The summed E-state index contributed by atoms with van der Waals surface area (Å²) in [5.74, 6) is -0.310. The molecule has 214 valence electrons. The van der Waals surface area contributed by atoms with Crippen LogP contribution in [-0.4, -0.2) is 60.1 Å². The minimum Gasteiger partial charge on any atom is -0.497 e. The Balaban J connectivity index is 1.57. The number of hydrogen-bond donors (Lipinski definition) is 0. The van der Waals surface area contributed by atoms with E-state index in [1.54, 1.807) is 25.2 Å². The number of halogens is 1. The number of benzene rings is 3. The summed E-state index contributed by atoms with van der Waals surface area (Å²) in [6.45, 7) is 1.96. The largest absolute Gasteiger partial charge is 0.497 e. The van der Waals surface area contributed by atoms with Crippen LogP contribution < -0.4 is 4.74 Å². The number of carbonyl (C=O) groups excluding carboxylic acids is 2. The summed E-state index contributed by atoms with van der Waals surface area (Å²) >= 11 is 0. The highest BCUT2D eigenvalue weighted by molar-refractivity contribution is 5.96. The molecule has 0 unspecified atom stereocenters. The van der Waals surface area contributed by atoms with Gasteiger partial charge in [0.1, 0.15) is 18.1 Å². The lowest BCUT2D eigenvalue weighted by atomic mass is 10.1. The van der Waals surface area contributed by atoms with Crippen molar-refractivity contribution >= 4 is 11.8 Å². The first-order valence-corrected chi connectivity index (χ1v) is 13.6. The maximum absolute atomic E-state index is 13.9. The van der Waals surface area contributed by atoms with Crippen molar-refractivity contribution in [1.29, 1.82) is 0 Å². The van der Waals surface area contributed by atoms with E-state index in [1.165, 1.54) is 23.1 Å². The van der Waals surface area contributed by atoms with Crippen LogP contribution in [-0.2, 0) is 29.2 Å². The molecule has 0 fully saturated rings. The number of ether oxygens (including phenoxy) is 2. The van der Waals surface area contributed by atoms with Crippen LogP contribution in [0.25, 0.3) is 0 Å². The molecule has 0 atom stereocenters. The van der Waals surface area contributed by atoms with E-state index >= 15 is 0 Å². The molecule has 0 N–H and O–H groups in total. The quantitative estimate of drug-likeness (QED) is 0.195. The predicted octanol–water partition coefficient (Wildman–Crippen LogP) is 5.39. The zero-order valence-electron chi connectivity index (χ0n) is 23.5. The molecule has 2 amide bonds. The summed E-state index contributed by atoms with van der Waals surface area (Å²) in [6, 6.07) is 27.2. The maximum Gasteiger partial charge on any atom is 0.254 e. The van der Waals surface area contributed by atoms with Crippen molar-refractivity contribution in [3.05, 3.63) is 125 Å². The van der Waals surface area contributed by atoms with Crippen LogP contribution in [0.5, 0.6) is 5.75 Å². The Morgan fingerprint density at radius 3 is 2.37 bits per heavy atom. The predicted molar refractivity (Wildman–Crippen MR) is 156 cm³/mol. The van der Waals surface area contributed by atoms with E-state index in [2.05, 4.69) is 4.57 Å². The summed E-state index contributed by atoms with van der Waals surface area (Å²) in [6.07, 6.45) is 2.54. The lowest BCUT2D eigenvalue weighted by Crippen LogP contribution is -2.43. The number of rotatable bonds is 14. The van der Waals surface area contributed by atoms with Gasteiger partial charge in [0, 0.05) is 50.8 Å². The summed E-state index contributed by atoms with van der Waals surface area (Å²) < 4.78 is 26.6. The number of methoxy groups -OCH3 is 2. The highest BCUT2D eigenvalue weighted by Gasteiger charge is 2.24. The van der Waals surface area contributed by atoms with Gasteiger partial charge in [-0.15, -0.1) is 0 Å². The second-order valence-electron chi connectivity index (χ2n) is 9.80. The van der Waals surface area contributed by atoms with Gasteiger partial charge in [-0.2, -0.15) is 0 Å². The molecule has 41 heavy (non-hydrogen) atoms. The van der Waals surface area contributed by atoms with Crippen LogP contribution in [0.2, 0.25) is 0 Å². The lowest BCUT2D eigenvalue weighted by molar-refractivity contribution is -0.133. The van der Waals surface area contributed by atoms with E-state index in [0.717, 1.165) is 22.6 Å². The fraction of sp³-hybridized carbons (Fsp3) is 0.273. The van der Waals surface area contributed by atoms with E-state index in [9.17, 15) is 14.0 Å². The molecule has 1 aromatic heterocycles. The van der Waals surface area contributed by atoms with E-state index in [-0.39, 0.29) is 18.0 Å². The molecule has 4 rings (SSSR count). The molecule has 3 aromatic carbocycles. The molecule has 0 aliphatic carbocycles. The summed E-state index contributed by atoms with van der Waals surface area (Å²) in [5.41, 5.74) is 3.22. The first-order valence-electron chi connectivity index (χ1n) is 13.6. The van der Waals surface area contributed by atoms with Crippen molar-refractivity contribution < 1.29 is 23.5 Å². The minimum absolute atomic E-state index is 0.136. The zero-order valence-corrected chi connectivity index (χ0v) is 23.5. The van der Waals surface area contributed by atoms with Crippen LogP contribution in [0, 0.1) is 5.82 Å². The number of aromatic nitrogens is 1. The standard InChI is InChI=1S/C33H36FN3O4/c1-40-19-9-18-36(33(39)28-13-7-14-29(34)21-28)25-32(38)37(22-26-10-4-3-5-11-26)24-30-15-8-17-35(30)23-27-12-6-16-31(20-27)41-2/h3-8,10-17,20-21H,9,18-19,22-25H2,1-2H3. The number of hydrogen-bond acceptors (Lipinski definition) is 4. The molecule has 0 spiro atoms. The molecule has 8 heteroatoms. The third-order valence-electron chi connectivity index (χ3n) is 6.79. The Morgan fingerprint density at radius 2 is 1.61 bits per heavy atom. The number of nitrogens with zero attached hydrogens (tertiary/aromatic N) is 3. The average molecular weight is 558 g/mol. The average Bonchev–Trinajstić information content (AvgIpc) is 3.42. The third-order valence-corrected chi connectivity index (χ3v) is 6.79. The Hall–Kier alpha value is -4.43. The van der Waals surface area contributed by atoms with Gasteiger partial charge in [0.15, 0.2) is 0 Å². The monoisotopic (exact) mass is 557 g/mol. The van der Waals surface area contributed by atoms with Crippen LogP contribution in [0.4, 0.5) is 4.39 Å². The Labute approximate surface area is 240 Å². The summed E-state index contributed by atoms with van der Waals surface area (Å²) in [4.78, 5) is 30.5. The SMILES string of the molecule is COCCCN(CC(=O)N(Cc1ccccc1)Cc1cccn1Cc1cccc(OC)c1)C(=O)c1cccc(F)c1. The first kappa shape index (κ1) is 29.6. The second-order valence-corrected chi connectivity index (χ2v) is 9.80. The van der Waals surface area contributed by atoms with Crippen LogP contribution in [0.1, 0.15) is 33.6 Å². The van der Waals surface area contributed by atoms with Crippen molar-refractivity contribution in [1.82, 2.24) is 14.4 Å². The highest BCUT2D eigenvalue weighted by Crippen LogP contribution is 2.18. The number of carbonyl (C=O) groups is 2. The molecule has 0 radical (unpaired) electrons. The molecule has 4 aromatic rings. The smallest absolute Gasteiger partial charge is 0.254 e. The molecule has 0 aliphatic rings. The Bertz CT molecular complexity index is 1420. The Morgan fingerprint density at radius 1 is 0.829 bits per heavy atom. The highest BCUT2D eigenvalue weighted by atomic mass is 19.1. The normalized spacial score (nSPS) is 10.8. The van der Waals surface area contributed by atoms with Gasteiger partial charge < -0.3 is 23.8 Å². The van der Waals surface area contributed by atoms with Crippen LogP contribution in [0.15, 0.2) is 97.2 Å². The van der Waals surface area contributed by atoms with Crippen LogP contribution >= 0.6 is 0 Å². The molecule has 1 heterocycles. The third kappa shape index (κ3) is 8.53. The van der Waals surface area contributed by atoms with Crippen molar-refractivity contribution in [3.63, 3.8) is 0 Å². The van der Waals surface area contributed by atoms with E-state index in [1.807, 2.05) is 72.9 Å². The van der Waals surface area contributed by atoms with Gasteiger partial charge in [-0.3, -0.25) is 9.59 Å². The summed E-state index contributed by atoms with van der Waals surface area (Å²) in [7, 11) is 3.23. The van der Waals surface area contributed by atoms with Gasteiger partial charge in [-0.05, 0) is 60.0 Å². The van der Waals surface area contributed by atoms with Gasteiger partial charge in [-0.25, -0.2) is 4.39 Å². The molecule has 0 aliphatic heterocycles. The molecular weight excluding hydrogens is 521 g/mol. The number of amides is 2. The Kier molecular flexibility index (Phi) is 10.7.